The minimum atomic E-state index is -0.789. The van der Waals surface area contributed by atoms with Crippen molar-refractivity contribution in [3.63, 3.8) is 0 Å². The molecule has 0 aromatic heterocycles. The molecule has 0 bridgehead atoms. The van der Waals surface area contributed by atoms with Gasteiger partial charge >= 0.3 is 5.97 Å². The molecule has 1 rings (SSSR count). The molecule has 0 radical (unpaired) electrons. The van der Waals surface area contributed by atoms with Gasteiger partial charge in [-0.1, -0.05) is 58.0 Å². The van der Waals surface area contributed by atoms with Gasteiger partial charge in [0.25, 0.3) is 0 Å². The zero-order valence-corrected chi connectivity index (χ0v) is 11.6. The van der Waals surface area contributed by atoms with E-state index in [4.69, 9.17) is 0 Å². The lowest BCUT2D eigenvalue weighted by Gasteiger charge is -2.34. The molecule has 0 aliphatic carbocycles. The molecule has 0 saturated heterocycles. The Morgan fingerprint density at radius 3 is 2.22 bits per heavy atom. The fraction of sp³-hybridized carbons (Fsp3) is 0.533. The highest BCUT2D eigenvalue weighted by Gasteiger charge is 2.29. The number of carbonyl (C=O) groups is 1. The molecule has 0 fully saturated rings. The van der Waals surface area contributed by atoms with E-state index in [0.29, 0.717) is 6.42 Å². The number of carboxylic acid groups (broad SMARTS) is 1. The third-order valence-electron chi connectivity index (χ3n) is 3.07. The fourth-order valence-corrected chi connectivity index (χ4v) is 2.06. The summed E-state index contributed by atoms with van der Waals surface area (Å²) in [5.74, 6) is -0.789. The van der Waals surface area contributed by atoms with Crippen LogP contribution in [0.2, 0.25) is 0 Å². The predicted octanol–water partition coefficient (Wildman–Crippen LogP) is 3.23. The quantitative estimate of drug-likeness (QED) is 0.842. The highest BCUT2D eigenvalue weighted by molar-refractivity contribution is 5.73. The van der Waals surface area contributed by atoms with Crippen LogP contribution in [0.1, 0.15) is 45.7 Å². The molecule has 2 unspecified atom stereocenters. The number of aliphatic carboxylic acids is 1. The second-order valence-electron chi connectivity index (χ2n) is 5.68. The Labute approximate surface area is 109 Å². The fourth-order valence-electron chi connectivity index (χ4n) is 2.06. The number of hydrogen-bond donors (Lipinski definition) is 2. The first kappa shape index (κ1) is 14.7. The van der Waals surface area contributed by atoms with Crippen LogP contribution in [0.15, 0.2) is 30.3 Å². The molecule has 100 valence electrons. The van der Waals surface area contributed by atoms with Gasteiger partial charge in [-0.05, 0) is 17.4 Å². The van der Waals surface area contributed by atoms with Gasteiger partial charge in [-0.25, -0.2) is 0 Å². The second kappa shape index (κ2) is 6.01. The van der Waals surface area contributed by atoms with E-state index in [1.54, 1.807) is 0 Å². The van der Waals surface area contributed by atoms with E-state index in [1.807, 2.05) is 37.3 Å². The lowest BCUT2D eigenvalue weighted by atomic mass is 9.82. The zero-order chi connectivity index (χ0) is 13.8. The molecule has 0 saturated carbocycles. The van der Waals surface area contributed by atoms with Crippen molar-refractivity contribution in [3.8, 4) is 0 Å². The van der Waals surface area contributed by atoms with Crippen molar-refractivity contribution in [2.24, 2.45) is 5.41 Å². The molecule has 0 spiro atoms. The van der Waals surface area contributed by atoms with Gasteiger partial charge in [-0.2, -0.15) is 0 Å². The largest absolute Gasteiger partial charge is 0.480 e. The van der Waals surface area contributed by atoms with Crippen molar-refractivity contribution in [2.45, 2.75) is 46.2 Å². The van der Waals surface area contributed by atoms with E-state index >= 15 is 0 Å². The molecule has 0 amide bonds. The van der Waals surface area contributed by atoms with Crippen molar-refractivity contribution in [1.29, 1.82) is 0 Å². The maximum Gasteiger partial charge on any atom is 0.320 e. The van der Waals surface area contributed by atoms with E-state index in [1.165, 1.54) is 0 Å². The van der Waals surface area contributed by atoms with Crippen LogP contribution >= 0.6 is 0 Å². The summed E-state index contributed by atoms with van der Waals surface area (Å²) < 4.78 is 0. The van der Waals surface area contributed by atoms with Gasteiger partial charge in [-0.15, -0.1) is 0 Å². The van der Waals surface area contributed by atoms with Gasteiger partial charge < -0.3 is 5.11 Å². The van der Waals surface area contributed by atoms with Crippen molar-refractivity contribution in [3.05, 3.63) is 35.9 Å². The zero-order valence-electron chi connectivity index (χ0n) is 11.6. The van der Waals surface area contributed by atoms with Crippen LogP contribution in [0.25, 0.3) is 0 Å². The molecule has 2 atom stereocenters. The number of hydrogen-bond acceptors (Lipinski definition) is 2. The summed E-state index contributed by atoms with van der Waals surface area (Å²) in [7, 11) is 0. The third-order valence-corrected chi connectivity index (χ3v) is 3.07. The molecule has 2 N–H and O–H groups in total. The Hall–Kier alpha value is -1.35. The van der Waals surface area contributed by atoms with Crippen LogP contribution < -0.4 is 5.32 Å². The van der Waals surface area contributed by atoms with Crippen molar-refractivity contribution >= 4 is 5.97 Å². The molecule has 18 heavy (non-hydrogen) atoms. The summed E-state index contributed by atoms with van der Waals surface area (Å²) in [6, 6.07) is 9.54. The normalized spacial score (nSPS) is 15.1. The number of benzene rings is 1. The monoisotopic (exact) mass is 249 g/mol. The predicted molar refractivity (Wildman–Crippen MR) is 73.5 cm³/mol. The molecule has 3 nitrogen and oxygen atoms in total. The first-order chi connectivity index (χ1) is 8.36. The Balaban J connectivity index is 2.97. The van der Waals surface area contributed by atoms with E-state index < -0.39 is 12.0 Å². The van der Waals surface area contributed by atoms with E-state index in [2.05, 4.69) is 26.1 Å². The lowest BCUT2D eigenvalue weighted by Crippen LogP contribution is -2.43. The number of carboxylic acids is 1. The molecular formula is C15H23NO2. The topological polar surface area (TPSA) is 49.3 Å². The highest BCUT2D eigenvalue weighted by Crippen LogP contribution is 2.33. The molecular weight excluding hydrogens is 226 g/mol. The van der Waals surface area contributed by atoms with Gasteiger partial charge in [0, 0.05) is 6.04 Å². The smallest absolute Gasteiger partial charge is 0.320 e. The maximum absolute atomic E-state index is 11.2. The summed E-state index contributed by atoms with van der Waals surface area (Å²) in [5, 5.41) is 12.4. The van der Waals surface area contributed by atoms with Gasteiger partial charge in [0.2, 0.25) is 0 Å². The minimum Gasteiger partial charge on any atom is -0.480 e. The van der Waals surface area contributed by atoms with Gasteiger partial charge in [0.05, 0.1) is 0 Å². The first-order valence-electron chi connectivity index (χ1n) is 6.40. The Morgan fingerprint density at radius 1 is 1.28 bits per heavy atom. The van der Waals surface area contributed by atoms with E-state index in [9.17, 15) is 9.90 Å². The standard InChI is InChI=1S/C15H23NO2/c1-5-12(14(17)18)16-13(15(2,3)4)11-9-7-6-8-10-11/h6-10,12-13,16H,5H2,1-4H3,(H,17,18). The molecule has 0 aliphatic rings. The van der Waals surface area contributed by atoms with Crippen LogP contribution in [0.5, 0.6) is 0 Å². The van der Waals surface area contributed by atoms with Crippen molar-refractivity contribution in [1.82, 2.24) is 5.32 Å². The molecule has 0 aliphatic heterocycles. The summed E-state index contributed by atoms with van der Waals surface area (Å²) >= 11 is 0. The maximum atomic E-state index is 11.2. The molecule has 1 aromatic carbocycles. The van der Waals surface area contributed by atoms with Gasteiger partial charge in [-0.3, -0.25) is 10.1 Å². The van der Waals surface area contributed by atoms with Gasteiger partial charge in [0.1, 0.15) is 6.04 Å². The summed E-state index contributed by atoms with van der Waals surface area (Å²) in [6.07, 6.45) is 0.578. The average molecular weight is 249 g/mol. The van der Waals surface area contributed by atoms with Crippen LogP contribution in [0.3, 0.4) is 0 Å². The van der Waals surface area contributed by atoms with Crippen LogP contribution in [-0.2, 0) is 4.79 Å². The Bertz CT molecular complexity index is 381. The van der Waals surface area contributed by atoms with Crippen molar-refractivity contribution < 1.29 is 9.90 Å². The van der Waals surface area contributed by atoms with Crippen molar-refractivity contribution in [2.75, 3.05) is 0 Å². The highest BCUT2D eigenvalue weighted by atomic mass is 16.4. The summed E-state index contributed by atoms with van der Waals surface area (Å²) in [5.41, 5.74) is 1.09. The van der Waals surface area contributed by atoms with Gasteiger partial charge in [0.15, 0.2) is 0 Å². The molecule has 0 heterocycles. The number of rotatable bonds is 5. The summed E-state index contributed by atoms with van der Waals surface area (Å²) in [4.78, 5) is 11.2. The van der Waals surface area contributed by atoms with Crippen LogP contribution in [0, 0.1) is 5.41 Å². The lowest BCUT2D eigenvalue weighted by molar-refractivity contribution is -0.140. The molecule has 3 heteroatoms. The first-order valence-corrected chi connectivity index (χ1v) is 6.40. The molecule has 1 aromatic rings. The van der Waals surface area contributed by atoms with Crippen LogP contribution in [-0.4, -0.2) is 17.1 Å². The third kappa shape index (κ3) is 3.84. The van der Waals surface area contributed by atoms with E-state index in [0.717, 1.165) is 5.56 Å². The Kier molecular flexibility index (Phi) is 4.91. The van der Waals surface area contributed by atoms with E-state index in [-0.39, 0.29) is 11.5 Å². The van der Waals surface area contributed by atoms with Crippen LogP contribution in [0.4, 0.5) is 0 Å². The number of nitrogens with one attached hydrogen (secondary N) is 1. The summed E-state index contributed by atoms with van der Waals surface area (Å²) in [6.45, 7) is 8.24. The SMILES string of the molecule is CCC(NC(c1ccccc1)C(C)(C)C)C(=O)O. The second-order valence-corrected chi connectivity index (χ2v) is 5.68. The average Bonchev–Trinajstić information content (AvgIpc) is 2.29. The minimum absolute atomic E-state index is 0.0275. The Morgan fingerprint density at radius 2 is 1.83 bits per heavy atom.